The highest BCUT2D eigenvalue weighted by Crippen LogP contribution is 2.41. The lowest BCUT2D eigenvalue weighted by molar-refractivity contribution is 0.222. The molecule has 4 rings (SSSR count). The van der Waals surface area contributed by atoms with Gasteiger partial charge in [0.15, 0.2) is 0 Å². The Morgan fingerprint density at radius 3 is 1.72 bits per heavy atom. The van der Waals surface area contributed by atoms with Crippen LogP contribution in [0, 0.1) is 29.4 Å². The van der Waals surface area contributed by atoms with Crippen molar-refractivity contribution in [1.82, 2.24) is 0 Å². The lowest BCUT2D eigenvalue weighted by Crippen LogP contribution is -2.18. The minimum atomic E-state index is -0.467. The fourth-order valence-corrected chi connectivity index (χ4v) is 6.95. The molecular weight excluding hydrogens is 470 g/mol. The summed E-state index contributed by atoms with van der Waals surface area (Å²) in [5, 5.41) is 0.564. The molecule has 0 radical (unpaired) electrons. The van der Waals surface area contributed by atoms with Crippen molar-refractivity contribution < 1.29 is 8.78 Å². The normalized spacial score (nSPS) is 24.7. The minimum Gasteiger partial charge on any atom is -0.206 e. The highest BCUT2D eigenvalue weighted by atomic mass is 35.5. The van der Waals surface area contributed by atoms with E-state index in [1.807, 2.05) is 0 Å². The van der Waals surface area contributed by atoms with Crippen LogP contribution in [0.4, 0.5) is 8.78 Å². The van der Waals surface area contributed by atoms with E-state index in [1.54, 1.807) is 36.4 Å². The number of hydrogen-bond acceptors (Lipinski definition) is 0. The van der Waals surface area contributed by atoms with E-state index in [4.69, 9.17) is 11.6 Å². The predicted octanol–water partition coefficient (Wildman–Crippen LogP) is 11.5. The van der Waals surface area contributed by atoms with Crippen LogP contribution in [0.15, 0.2) is 36.4 Å². The van der Waals surface area contributed by atoms with E-state index in [0.717, 1.165) is 36.2 Å². The summed E-state index contributed by atoms with van der Waals surface area (Å²) in [6, 6.07) is 9.84. The third-order valence-electron chi connectivity index (χ3n) is 9.18. The van der Waals surface area contributed by atoms with Crippen LogP contribution >= 0.6 is 11.6 Å². The highest BCUT2D eigenvalue weighted by molar-refractivity contribution is 6.30. The number of unbranched alkanes of at least 4 members (excludes halogenated alkanes) is 4. The van der Waals surface area contributed by atoms with Gasteiger partial charge in [0.25, 0.3) is 0 Å². The van der Waals surface area contributed by atoms with E-state index >= 15 is 0 Å². The van der Waals surface area contributed by atoms with Crippen LogP contribution in [0.25, 0.3) is 11.1 Å². The van der Waals surface area contributed by atoms with Gasteiger partial charge in [-0.25, -0.2) is 8.78 Å². The summed E-state index contributed by atoms with van der Waals surface area (Å²) in [7, 11) is 0. The van der Waals surface area contributed by atoms with E-state index in [9.17, 15) is 8.78 Å². The molecule has 0 spiro atoms. The Bertz CT molecular complexity index is 898. The molecule has 0 aromatic heterocycles. The summed E-state index contributed by atoms with van der Waals surface area (Å²) in [4.78, 5) is 0. The summed E-state index contributed by atoms with van der Waals surface area (Å²) < 4.78 is 29.9. The Labute approximate surface area is 223 Å². The minimum absolute atomic E-state index is 0.0512. The molecule has 0 unspecified atom stereocenters. The van der Waals surface area contributed by atoms with E-state index in [2.05, 4.69) is 6.92 Å². The lowest BCUT2D eigenvalue weighted by atomic mass is 9.74. The van der Waals surface area contributed by atoms with Gasteiger partial charge in [0.2, 0.25) is 0 Å². The molecule has 2 aliphatic rings. The number of rotatable bonds is 11. The zero-order valence-corrected chi connectivity index (χ0v) is 23.0. The van der Waals surface area contributed by atoms with Crippen molar-refractivity contribution in [2.24, 2.45) is 17.8 Å². The Morgan fingerprint density at radius 2 is 1.17 bits per heavy atom. The van der Waals surface area contributed by atoms with Crippen molar-refractivity contribution in [2.75, 3.05) is 0 Å². The first-order valence-corrected chi connectivity index (χ1v) is 15.2. The van der Waals surface area contributed by atoms with Gasteiger partial charge in [0.05, 0.1) is 5.56 Å². The van der Waals surface area contributed by atoms with Crippen molar-refractivity contribution >= 4 is 11.6 Å². The van der Waals surface area contributed by atoms with Gasteiger partial charge in [-0.2, -0.15) is 0 Å². The van der Waals surface area contributed by atoms with E-state index in [0.29, 0.717) is 10.6 Å². The first-order chi connectivity index (χ1) is 17.5. The molecule has 0 N–H and O–H groups in total. The molecule has 36 heavy (non-hydrogen) atoms. The first kappa shape index (κ1) is 27.6. The second kappa shape index (κ2) is 13.9. The van der Waals surface area contributed by atoms with Crippen LogP contribution in [0.3, 0.4) is 0 Å². The van der Waals surface area contributed by atoms with Gasteiger partial charge in [0.1, 0.15) is 11.6 Å². The van der Waals surface area contributed by atoms with Crippen molar-refractivity contribution in [3.05, 3.63) is 58.6 Å². The molecule has 0 bridgehead atoms. The summed E-state index contributed by atoms with van der Waals surface area (Å²) in [6.07, 6.45) is 21.5. The Hall–Kier alpha value is -1.41. The monoisotopic (exact) mass is 514 g/mol. The van der Waals surface area contributed by atoms with Gasteiger partial charge < -0.3 is 0 Å². The molecule has 0 saturated heterocycles. The zero-order valence-electron chi connectivity index (χ0n) is 22.2. The van der Waals surface area contributed by atoms with Crippen molar-refractivity contribution in [2.45, 2.75) is 116 Å². The topological polar surface area (TPSA) is 0 Å². The standard InChI is InChI=1S/C33H45ClF2/c1-2-3-4-5-6-7-24-8-10-25(11-9-24)12-13-26-14-16-27(17-15-26)29-22-31(35)33(32(36)23-29)28-18-20-30(34)21-19-28/h18-27H,2-17H2,1H3/t24-,25-,26?,27?. The van der Waals surface area contributed by atoms with E-state index in [1.165, 1.54) is 89.9 Å². The second-order valence-electron chi connectivity index (χ2n) is 11.8. The Balaban J connectivity index is 1.18. The summed E-state index contributed by atoms with van der Waals surface area (Å²) in [6.45, 7) is 2.29. The number of hydrogen-bond donors (Lipinski definition) is 0. The predicted molar refractivity (Wildman–Crippen MR) is 150 cm³/mol. The molecule has 2 aliphatic carbocycles. The van der Waals surface area contributed by atoms with Gasteiger partial charge in [-0.05, 0) is 84.7 Å². The van der Waals surface area contributed by atoms with Crippen LogP contribution in [0.1, 0.15) is 121 Å². The third-order valence-corrected chi connectivity index (χ3v) is 9.43. The van der Waals surface area contributed by atoms with Gasteiger partial charge in [-0.15, -0.1) is 0 Å². The Kier molecular flexibility index (Phi) is 10.7. The van der Waals surface area contributed by atoms with Gasteiger partial charge in [-0.1, -0.05) is 108 Å². The maximum absolute atomic E-state index is 14.9. The van der Waals surface area contributed by atoms with Gasteiger partial charge in [0, 0.05) is 5.02 Å². The van der Waals surface area contributed by atoms with Crippen LogP contribution in [0.2, 0.25) is 5.02 Å². The average Bonchev–Trinajstić information content (AvgIpc) is 2.89. The quantitative estimate of drug-likeness (QED) is 0.261. The fraction of sp³-hybridized carbons (Fsp3) is 0.636. The molecule has 0 nitrogen and oxygen atoms in total. The SMILES string of the molecule is CCCCCCC[C@H]1CC[C@H](CCC2CCC(c3cc(F)c(-c4ccc(Cl)cc4)c(F)c3)CC2)CC1. The third kappa shape index (κ3) is 7.80. The summed E-state index contributed by atoms with van der Waals surface area (Å²) >= 11 is 5.93. The molecule has 0 aliphatic heterocycles. The van der Waals surface area contributed by atoms with Crippen molar-refractivity contribution in [3.8, 4) is 11.1 Å². The number of halogens is 3. The van der Waals surface area contributed by atoms with E-state index < -0.39 is 11.6 Å². The zero-order chi connectivity index (χ0) is 25.3. The molecule has 2 fully saturated rings. The lowest BCUT2D eigenvalue weighted by Gasteiger charge is -2.32. The molecule has 0 amide bonds. The maximum atomic E-state index is 14.9. The maximum Gasteiger partial charge on any atom is 0.134 e. The number of benzene rings is 2. The van der Waals surface area contributed by atoms with Crippen LogP contribution < -0.4 is 0 Å². The summed E-state index contributed by atoms with van der Waals surface area (Å²) in [5.74, 6) is 2.06. The Morgan fingerprint density at radius 1 is 0.667 bits per heavy atom. The van der Waals surface area contributed by atoms with Crippen molar-refractivity contribution in [1.29, 1.82) is 0 Å². The first-order valence-electron chi connectivity index (χ1n) is 14.8. The molecule has 2 aromatic rings. The smallest absolute Gasteiger partial charge is 0.134 e. The van der Waals surface area contributed by atoms with Crippen LogP contribution in [0.5, 0.6) is 0 Å². The average molecular weight is 515 g/mol. The highest BCUT2D eigenvalue weighted by Gasteiger charge is 2.26. The molecule has 3 heteroatoms. The van der Waals surface area contributed by atoms with Gasteiger partial charge in [-0.3, -0.25) is 0 Å². The van der Waals surface area contributed by atoms with E-state index in [-0.39, 0.29) is 11.5 Å². The molecule has 0 heterocycles. The van der Waals surface area contributed by atoms with Crippen LogP contribution in [-0.4, -0.2) is 0 Å². The molecule has 2 saturated carbocycles. The molecule has 2 aromatic carbocycles. The van der Waals surface area contributed by atoms with Gasteiger partial charge >= 0.3 is 0 Å². The van der Waals surface area contributed by atoms with Crippen molar-refractivity contribution in [3.63, 3.8) is 0 Å². The fourth-order valence-electron chi connectivity index (χ4n) is 6.82. The molecule has 198 valence electrons. The largest absolute Gasteiger partial charge is 0.206 e. The molecular formula is C33H45ClF2. The second-order valence-corrected chi connectivity index (χ2v) is 12.2. The summed E-state index contributed by atoms with van der Waals surface area (Å²) in [5.41, 5.74) is 1.41. The van der Waals surface area contributed by atoms with Crippen LogP contribution in [-0.2, 0) is 0 Å². The molecule has 0 atom stereocenters.